The summed E-state index contributed by atoms with van der Waals surface area (Å²) in [6.07, 6.45) is -2.10. The predicted octanol–water partition coefficient (Wildman–Crippen LogP) is 2.20. The fourth-order valence-corrected chi connectivity index (χ4v) is 3.26. The van der Waals surface area contributed by atoms with Gasteiger partial charge in [0.15, 0.2) is 12.2 Å². The van der Waals surface area contributed by atoms with Crippen molar-refractivity contribution in [2.24, 2.45) is 0 Å². The van der Waals surface area contributed by atoms with Gasteiger partial charge < -0.3 is 20.0 Å². The molecule has 31 heavy (non-hydrogen) atoms. The molecule has 1 heterocycles. The number of amides is 2. The monoisotopic (exact) mass is 422 g/mol. The van der Waals surface area contributed by atoms with Gasteiger partial charge in [-0.3, -0.25) is 9.59 Å². The van der Waals surface area contributed by atoms with E-state index in [2.05, 4.69) is 11.8 Å². The fourth-order valence-electron chi connectivity index (χ4n) is 3.26. The molecule has 1 aliphatic heterocycles. The molecule has 0 saturated heterocycles. The van der Waals surface area contributed by atoms with Gasteiger partial charge in [-0.2, -0.15) is 0 Å². The van der Waals surface area contributed by atoms with E-state index in [0.29, 0.717) is 12.2 Å². The van der Waals surface area contributed by atoms with Crippen LogP contribution in [0.25, 0.3) is 0 Å². The second-order valence-corrected chi connectivity index (χ2v) is 7.18. The van der Waals surface area contributed by atoms with Crippen molar-refractivity contribution in [1.29, 1.82) is 0 Å². The molecule has 0 aromatic heterocycles. The molecule has 6 heteroatoms. The number of anilines is 1. The normalized spacial score (nSPS) is 14.1. The van der Waals surface area contributed by atoms with Crippen LogP contribution in [-0.4, -0.2) is 59.8 Å². The number of aryl methyl sites for hydroxylation is 1. The second-order valence-electron chi connectivity index (χ2n) is 7.18. The van der Waals surface area contributed by atoms with Crippen LogP contribution in [0, 0.1) is 11.8 Å². The minimum atomic E-state index is -1.81. The third kappa shape index (κ3) is 5.94. The first kappa shape index (κ1) is 24.1. The minimum Gasteiger partial charge on any atom is -0.380 e. The number of aliphatic hydroxyl groups excluding tert-OH is 2. The molecular formula is C25H30N2O4. The predicted molar refractivity (Wildman–Crippen MR) is 122 cm³/mol. The molecule has 2 aromatic rings. The van der Waals surface area contributed by atoms with Gasteiger partial charge in [0.1, 0.15) is 0 Å². The minimum absolute atomic E-state index is 0.417. The zero-order valence-electron chi connectivity index (χ0n) is 18.5. The van der Waals surface area contributed by atoms with Crippen LogP contribution in [0.2, 0.25) is 0 Å². The summed E-state index contributed by atoms with van der Waals surface area (Å²) in [5.41, 5.74) is 3.38. The Balaban J connectivity index is 0.00000166. The van der Waals surface area contributed by atoms with Crippen molar-refractivity contribution >= 4 is 17.5 Å². The summed E-state index contributed by atoms with van der Waals surface area (Å²) in [6.45, 7) is 4.42. The third-order valence-electron chi connectivity index (χ3n) is 4.83. The van der Waals surface area contributed by atoms with Crippen LogP contribution in [-0.2, 0) is 16.0 Å². The maximum Gasteiger partial charge on any atom is 0.259 e. The van der Waals surface area contributed by atoms with Crippen LogP contribution in [0.1, 0.15) is 37.0 Å². The lowest BCUT2D eigenvalue weighted by atomic mass is 9.98. The summed E-state index contributed by atoms with van der Waals surface area (Å²) >= 11 is 0. The maximum absolute atomic E-state index is 12.7. The number of carbonyl (C=O) groups is 2. The lowest BCUT2D eigenvalue weighted by Gasteiger charge is -2.32. The van der Waals surface area contributed by atoms with E-state index in [1.807, 2.05) is 56.3 Å². The Labute approximate surface area is 184 Å². The van der Waals surface area contributed by atoms with Crippen LogP contribution in [0.5, 0.6) is 0 Å². The first-order chi connectivity index (χ1) is 14.9. The zero-order chi connectivity index (χ0) is 23.0. The van der Waals surface area contributed by atoms with Crippen molar-refractivity contribution in [1.82, 2.24) is 4.90 Å². The highest BCUT2D eigenvalue weighted by Gasteiger charge is 2.36. The summed E-state index contributed by atoms with van der Waals surface area (Å²) in [5.74, 6) is 4.85. The Morgan fingerprint density at radius 2 is 1.61 bits per heavy atom. The number of carbonyl (C=O) groups excluding carboxylic acids is 2. The van der Waals surface area contributed by atoms with Gasteiger partial charge in [0, 0.05) is 37.5 Å². The average molecular weight is 423 g/mol. The molecule has 3 rings (SSSR count). The summed E-state index contributed by atoms with van der Waals surface area (Å²) in [7, 11) is 2.91. The Bertz CT molecular complexity index is 960. The number of hydrogen-bond acceptors (Lipinski definition) is 4. The molecule has 0 saturated carbocycles. The van der Waals surface area contributed by atoms with E-state index in [0.717, 1.165) is 34.4 Å². The highest BCUT2D eigenvalue weighted by molar-refractivity contribution is 6.01. The highest BCUT2D eigenvalue weighted by Crippen LogP contribution is 2.29. The number of benzene rings is 2. The van der Waals surface area contributed by atoms with Crippen molar-refractivity contribution < 1.29 is 19.8 Å². The number of hydrogen-bond donors (Lipinski definition) is 2. The van der Waals surface area contributed by atoms with Crippen molar-refractivity contribution in [3.63, 3.8) is 0 Å². The second kappa shape index (κ2) is 11.3. The van der Waals surface area contributed by atoms with Crippen LogP contribution in [0.15, 0.2) is 48.5 Å². The van der Waals surface area contributed by atoms with Gasteiger partial charge in [-0.05, 0) is 48.7 Å². The SMILES string of the molecule is CC.CN(C)C(=O)C(O)C(O)C(=O)N1CCCc2cc(C#Cc3ccccc3)ccc21. The van der Waals surface area contributed by atoms with Crippen molar-refractivity contribution in [3.05, 3.63) is 65.2 Å². The molecule has 2 aromatic carbocycles. The van der Waals surface area contributed by atoms with Crippen molar-refractivity contribution in [2.75, 3.05) is 25.5 Å². The van der Waals surface area contributed by atoms with Gasteiger partial charge in [-0.1, -0.05) is 43.9 Å². The summed E-state index contributed by atoms with van der Waals surface area (Å²) in [4.78, 5) is 27.2. The molecular weight excluding hydrogens is 392 g/mol. The van der Waals surface area contributed by atoms with E-state index in [1.54, 1.807) is 6.07 Å². The molecule has 2 atom stereocenters. The van der Waals surface area contributed by atoms with E-state index in [1.165, 1.54) is 19.0 Å². The number of aliphatic hydroxyl groups is 2. The van der Waals surface area contributed by atoms with Gasteiger partial charge in [0.2, 0.25) is 0 Å². The number of fused-ring (bicyclic) bond motifs is 1. The Morgan fingerprint density at radius 3 is 2.26 bits per heavy atom. The molecule has 2 amide bonds. The van der Waals surface area contributed by atoms with Crippen LogP contribution in [0.3, 0.4) is 0 Å². The number of rotatable bonds is 3. The summed E-state index contributed by atoms with van der Waals surface area (Å²) in [5, 5.41) is 20.3. The molecule has 0 fully saturated rings. The van der Waals surface area contributed by atoms with Gasteiger partial charge >= 0.3 is 0 Å². The molecule has 6 nitrogen and oxygen atoms in total. The standard InChI is InChI=1S/C23H24N2O4.C2H6/c1-24(2)22(28)20(26)21(27)23(29)25-14-6-9-18-15-17(12-13-19(18)25)11-10-16-7-4-3-5-8-16;1-2/h3-5,7-8,12-13,15,20-21,26-27H,6,9,14H2,1-2H3;1-2H3. The lowest BCUT2D eigenvalue weighted by Crippen LogP contribution is -2.51. The van der Waals surface area contributed by atoms with Crippen LogP contribution >= 0.6 is 0 Å². The Hall–Kier alpha value is -3.14. The van der Waals surface area contributed by atoms with Crippen molar-refractivity contribution in [3.8, 4) is 11.8 Å². The lowest BCUT2D eigenvalue weighted by molar-refractivity contribution is -0.150. The highest BCUT2D eigenvalue weighted by atomic mass is 16.3. The molecule has 0 bridgehead atoms. The average Bonchev–Trinajstić information content (AvgIpc) is 2.82. The summed E-state index contributed by atoms with van der Waals surface area (Å²) in [6, 6.07) is 15.2. The summed E-state index contributed by atoms with van der Waals surface area (Å²) < 4.78 is 0. The van der Waals surface area contributed by atoms with Gasteiger partial charge in [-0.25, -0.2) is 0 Å². The van der Waals surface area contributed by atoms with Crippen molar-refractivity contribution in [2.45, 2.75) is 38.9 Å². The Kier molecular flexibility index (Phi) is 8.80. The van der Waals surface area contributed by atoms with E-state index in [4.69, 9.17) is 0 Å². The molecule has 0 aliphatic carbocycles. The largest absolute Gasteiger partial charge is 0.380 e. The van der Waals surface area contributed by atoms with Gasteiger partial charge in [0.05, 0.1) is 0 Å². The zero-order valence-corrected chi connectivity index (χ0v) is 18.5. The van der Waals surface area contributed by atoms with E-state index < -0.39 is 24.0 Å². The van der Waals surface area contributed by atoms with Crippen LogP contribution < -0.4 is 4.90 Å². The molecule has 164 valence electrons. The molecule has 0 spiro atoms. The maximum atomic E-state index is 12.7. The Morgan fingerprint density at radius 1 is 0.968 bits per heavy atom. The number of likely N-dealkylation sites (N-methyl/N-ethyl adjacent to an activating group) is 1. The third-order valence-corrected chi connectivity index (χ3v) is 4.83. The molecule has 1 aliphatic rings. The first-order valence-corrected chi connectivity index (χ1v) is 10.5. The van der Waals surface area contributed by atoms with Gasteiger partial charge in [0.25, 0.3) is 11.8 Å². The first-order valence-electron chi connectivity index (χ1n) is 10.5. The van der Waals surface area contributed by atoms with Gasteiger partial charge in [-0.15, -0.1) is 0 Å². The van der Waals surface area contributed by atoms with E-state index in [-0.39, 0.29) is 0 Å². The van der Waals surface area contributed by atoms with E-state index in [9.17, 15) is 19.8 Å². The quantitative estimate of drug-likeness (QED) is 0.743. The topological polar surface area (TPSA) is 81.1 Å². The number of nitrogens with zero attached hydrogens (tertiary/aromatic N) is 2. The molecule has 0 radical (unpaired) electrons. The molecule has 2 N–H and O–H groups in total. The van der Waals surface area contributed by atoms with Crippen LogP contribution in [0.4, 0.5) is 5.69 Å². The molecule has 2 unspecified atom stereocenters. The van der Waals surface area contributed by atoms with E-state index >= 15 is 0 Å². The fraction of sp³-hybridized carbons (Fsp3) is 0.360. The smallest absolute Gasteiger partial charge is 0.259 e.